The number of hydrogen-bond donors (Lipinski definition) is 1. The van der Waals surface area contributed by atoms with Gasteiger partial charge in [0, 0.05) is 18.2 Å². The number of amides is 1. The lowest BCUT2D eigenvalue weighted by molar-refractivity contribution is -0.124. The topological polar surface area (TPSA) is 64.0 Å². The van der Waals surface area contributed by atoms with Gasteiger partial charge < -0.3 is 5.32 Å². The van der Waals surface area contributed by atoms with Crippen LogP contribution in [0.1, 0.15) is 50.6 Å². The molecule has 2 aromatic rings. The van der Waals surface area contributed by atoms with Gasteiger partial charge in [-0.05, 0) is 52.0 Å². The summed E-state index contributed by atoms with van der Waals surface area (Å²) in [5.74, 6) is -0.179. The highest BCUT2D eigenvalue weighted by Gasteiger charge is 2.18. The van der Waals surface area contributed by atoms with Crippen molar-refractivity contribution in [1.29, 1.82) is 0 Å². The standard InChI is InChI=1S/C22H27N3O2/c1-16-8-10-19(11-9-16)20-12-13-21(26)25(24-20)17(2)22(27)23-15-14-18-6-4-3-5-7-18/h6,8-13,17H,3-5,7,14-15H2,1-2H3,(H,23,27). The Morgan fingerprint density at radius 1 is 1.19 bits per heavy atom. The molecule has 27 heavy (non-hydrogen) atoms. The Labute approximate surface area is 160 Å². The van der Waals surface area contributed by atoms with Crippen LogP contribution in [0.2, 0.25) is 0 Å². The molecule has 1 aliphatic rings. The Morgan fingerprint density at radius 3 is 2.67 bits per heavy atom. The molecule has 1 N–H and O–H groups in total. The largest absolute Gasteiger partial charge is 0.354 e. The van der Waals surface area contributed by atoms with Crippen molar-refractivity contribution in [3.63, 3.8) is 0 Å². The summed E-state index contributed by atoms with van der Waals surface area (Å²) in [6.45, 7) is 4.33. The molecule has 5 heteroatoms. The van der Waals surface area contributed by atoms with Crippen LogP contribution in [0, 0.1) is 6.92 Å². The summed E-state index contributed by atoms with van der Waals surface area (Å²) in [4.78, 5) is 24.7. The maximum atomic E-state index is 12.5. The highest BCUT2D eigenvalue weighted by molar-refractivity contribution is 5.79. The first kappa shape index (κ1) is 19.1. The highest BCUT2D eigenvalue weighted by Crippen LogP contribution is 2.19. The average molecular weight is 365 g/mol. The van der Waals surface area contributed by atoms with Gasteiger partial charge in [-0.1, -0.05) is 41.5 Å². The average Bonchev–Trinajstić information content (AvgIpc) is 2.69. The molecule has 0 bridgehead atoms. The van der Waals surface area contributed by atoms with Gasteiger partial charge in [-0.25, -0.2) is 4.68 Å². The number of rotatable bonds is 6. The van der Waals surface area contributed by atoms with Crippen LogP contribution in [0.5, 0.6) is 0 Å². The normalized spacial score (nSPS) is 15.1. The monoisotopic (exact) mass is 365 g/mol. The van der Waals surface area contributed by atoms with Gasteiger partial charge in [0.05, 0.1) is 5.69 Å². The Balaban J connectivity index is 1.67. The molecule has 1 amide bonds. The van der Waals surface area contributed by atoms with Crippen molar-refractivity contribution in [2.24, 2.45) is 0 Å². The Kier molecular flexibility index (Phi) is 6.22. The van der Waals surface area contributed by atoms with Crippen molar-refractivity contribution in [3.8, 4) is 11.3 Å². The van der Waals surface area contributed by atoms with Crippen molar-refractivity contribution in [2.75, 3.05) is 6.54 Å². The lowest BCUT2D eigenvalue weighted by atomic mass is 9.97. The number of aromatic nitrogens is 2. The lowest BCUT2D eigenvalue weighted by Crippen LogP contribution is -2.37. The third-order valence-electron chi connectivity index (χ3n) is 5.05. The molecule has 1 aliphatic carbocycles. The van der Waals surface area contributed by atoms with Crippen molar-refractivity contribution >= 4 is 5.91 Å². The fourth-order valence-corrected chi connectivity index (χ4v) is 3.32. The first-order valence-corrected chi connectivity index (χ1v) is 9.67. The number of carbonyl (C=O) groups excluding carboxylic acids is 1. The molecule has 1 aromatic heterocycles. The molecule has 0 saturated carbocycles. The molecule has 0 spiro atoms. The van der Waals surface area contributed by atoms with Crippen LogP contribution in [-0.2, 0) is 4.79 Å². The fourth-order valence-electron chi connectivity index (χ4n) is 3.32. The van der Waals surface area contributed by atoms with Crippen LogP contribution in [0.25, 0.3) is 11.3 Å². The van der Waals surface area contributed by atoms with Crippen molar-refractivity contribution < 1.29 is 4.79 Å². The highest BCUT2D eigenvalue weighted by atomic mass is 16.2. The number of benzene rings is 1. The Hall–Kier alpha value is -2.69. The zero-order valence-corrected chi connectivity index (χ0v) is 16.1. The molecule has 1 atom stereocenters. The van der Waals surface area contributed by atoms with E-state index >= 15 is 0 Å². The van der Waals surface area contributed by atoms with E-state index in [1.54, 1.807) is 13.0 Å². The molecule has 3 rings (SSSR count). The van der Waals surface area contributed by atoms with E-state index in [1.165, 1.54) is 29.2 Å². The SMILES string of the molecule is Cc1ccc(-c2ccc(=O)n(C(C)C(=O)NCCC3=CCCCC3)n2)cc1. The maximum Gasteiger partial charge on any atom is 0.267 e. The second-order valence-corrected chi connectivity index (χ2v) is 7.19. The van der Waals surface area contributed by atoms with Gasteiger partial charge in [-0.3, -0.25) is 9.59 Å². The predicted molar refractivity (Wildman–Crippen MR) is 108 cm³/mol. The molecule has 1 aromatic carbocycles. The Bertz CT molecular complexity index is 881. The first-order chi connectivity index (χ1) is 13.0. The summed E-state index contributed by atoms with van der Waals surface area (Å²) < 4.78 is 1.27. The van der Waals surface area contributed by atoms with E-state index in [1.807, 2.05) is 31.2 Å². The summed E-state index contributed by atoms with van der Waals surface area (Å²) in [5.41, 5.74) is 3.91. The van der Waals surface area contributed by atoms with Gasteiger partial charge in [-0.15, -0.1) is 0 Å². The zero-order chi connectivity index (χ0) is 19.2. The second-order valence-electron chi connectivity index (χ2n) is 7.19. The van der Waals surface area contributed by atoms with Crippen LogP contribution in [0.15, 0.2) is 52.8 Å². The summed E-state index contributed by atoms with van der Waals surface area (Å²) in [5, 5.41) is 7.37. The second kappa shape index (κ2) is 8.80. The Morgan fingerprint density at radius 2 is 1.96 bits per heavy atom. The number of allylic oxidation sites excluding steroid dienone is 1. The number of carbonyl (C=O) groups is 1. The van der Waals surface area contributed by atoms with E-state index in [0.717, 1.165) is 30.4 Å². The van der Waals surface area contributed by atoms with Crippen LogP contribution < -0.4 is 10.9 Å². The zero-order valence-electron chi connectivity index (χ0n) is 16.1. The van der Waals surface area contributed by atoms with E-state index in [-0.39, 0.29) is 11.5 Å². The molecule has 1 heterocycles. The van der Waals surface area contributed by atoms with Crippen molar-refractivity contribution in [3.05, 3.63) is 64.0 Å². The van der Waals surface area contributed by atoms with E-state index in [0.29, 0.717) is 12.2 Å². The minimum atomic E-state index is -0.650. The third kappa shape index (κ3) is 4.94. The van der Waals surface area contributed by atoms with E-state index < -0.39 is 6.04 Å². The molecule has 1 unspecified atom stereocenters. The van der Waals surface area contributed by atoms with E-state index in [2.05, 4.69) is 16.5 Å². The molecule has 0 fully saturated rings. The molecule has 142 valence electrons. The summed E-state index contributed by atoms with van der Waals surface area (Å²) >= 11 is 0. The van der Waals surface area contributed by atoms with Crippen molar-refractivity contribution in [2.45, 2.75) is 52.0 Å². The van der Waals surface area contributed by atoms with E-state index in [9.17, 15) is 9.59 Å². The molecule has 0 saturated heterocycles. The number of nitrogens with zero attached hydrogens (tertiary/aromatic N) is 2. The summed E-state index contributed by atoms with van der Waals surface area (Å²) in [6.07, 6.45) is 7.94. The van der Waals surface area contributed by atoms with Crippen LogP contribution >= 0.6 is 0 Å². The molecular formula is C22H27N3O2. The van der Waals surface area contributed by atoms with Gasteiger partial charge in [0.1, 0.15) is 6.04 Å². The number of nitrogens with one attached hydrogen (secondary N) is 1. The van der Waals surface area contributed by atoms with Gasteiger partial charge in [0.15, 0.2) is 0 Å². The molecule has 0 aliphatic heterocycles. The number of hydrogen-bond acceptors (Lipinski definition) is 3. The first-order valence-electron chi connectivity index (χ1n) is 9.67. The smallest absolute Gasteiger partial charge is 0.267 e. The van der Waals surface area contributed by atoms with Crippen LogP contribution in [0.4, 0.5) is 0 Å². The minimum absolute atomic E-state index is 0.179. The van der Waals surface area contributed by atoms with Gasteiger partial charge in [-0.2, -0.15) is 5.10 Å². The maximum absolute atomic E-state index is 12.5. The van der Waals surface area contributed by atoms with E-state index in [4.69, 9.17) is 0 Å². The van der Waals surface area contributed by atoms with Crippen LogP contribution in [-0.4, -0.2) is 22.2 Å². The predicted octanol–water partition coefficient (Wildman–Crippen LogP) is 3.79. The lowest BCUT2D eigenvalue weighted by Gasteiger charge is -2.16. The van der Waals surface area contributed by atoms with Gasteiger partial charge >= 0.3 is 0 Å². The summed E-state index contributed by atoms with van der Waals surface area (Å²) in [7, 11) is 0. The molecule has 0 radical (unpaired) electrons. The quantitative estimate of drug-likeness (QED) is 0.792. The third-order valence-corrected chi connectivity index (χ3v) is 5.05. The van der Waals surface area contributed by atoms with Gasteiger partial charge in [0.2, 0.25) is 5.91 Å². The number of aryl methyl sites for hydroxylation is 1. The minimum Gasteiger partial charge on any atom is -0.354 e. The molecular weight excluding hydrogens is 338 g/mol. The van der Waals surface area contributed by atoms with Crippen LogP contribution in [0.3, 0.4) is 0 Å². The summed E-state index contributed by atoms with van der Waals surface area (Å²) in [6, 6.07) is 10.5. The van der Waals surface area contributed by atoms with Gasteiger partial charge in [0.25, 0.3) is 5.56 Å². The fraction of sp³-hybridized carbons (Fsp3) is 0.409. The molecule has 5 nitrogen and oxygen atoms in total. The van der Waals surface area contributed by atoms with Crippen molar-refractivity contribution in [1.82, 2.24) is 15.1 Å².